The highest BCUT2D eigenvalue weighted by Crippen LogP contribution is 2.15. The van der Waals surface area contributed by atoms with E-state index in [0.29, 0.717) is 11.8 Å². The molecule has 0 aromatic carbocycles. The van der Waals surface area contributed by atoms with Crippen LogP contribution in [0, 0.1) is 355 Å². The molecular formula is C73H30O2. The molecule has 0 N–H and O–H groups in total. The van der Waals surface area contributed by atoms with E-state index in [2.05, 4.69) is 376 Å². The molecule has 0 bridgehead atoms. The summed E-state index contributed by atoms with van der Waals surface area (Å²) in [5, 5.41) is 0. The molecule has 2 atom stereocenters. The first kappa shape index (κ1) is 61.9. The Labute approximate surface area is 448 Å². The van der Waals surface area contributed by atoms with Crippen molar-refractivity contribution in [2.45, 2.75) is 60.2 Å². The third kappa shape index (κ3) is 55.1. The molecule has 0 spiro atoms. The third-order valence-corrected chi connectivity index (χ3v) is 6.19. The fraction of sp³-hybridized carbons (Fsp3) is 0.178. The van der Waals surface area contributed by atoms with Gasteiger partial charge in [-0.1, -0.05) is 44.8 Å². The Morgan fingerprint density at radius 2 is 0.507 bits per heavy atom. The summed E-state index contributed by atoms with van der Waals surface area (Å²) in [5.41, 5.74) is 0. The molecule has 1 fully saturated rings. The SMILES string of the molecule is CC#CC#CC#CC#CC#CC#CC#CC#CC#CC#CC#CC#CC#CC#CC#CC#CC#CC#CC#CC#CC#CC#CC#CC#CC#CC#CC#CC#CC#CC.CC(C)/C=C\C(C)COC1CCCCO1. The van der Waals surface area contributed by atoms with Gasteiger partial charge in [0, 0.05) is 243 Å². The number of hydrogen-bond acceptors (Lipinski definition) is 2. The Bertz CT molecular complexity index is 3920. The summed E-state index contributed by atoms with van der Waals surface area (Å²) in [4.78, 5) is 0. The van der Waals surface area contributed by atoms with Gasteiger partial charge in [-0.25, -0.2) is 0 Å². The van der Waals surface area contributed by atoms with Gasteiger partial charge in [0.05, 0.1) is 6.61 Å². The first-order valence-electron chi connectivity index (χ1n) is 21.3. The molecule has 1 aliphatic rings. The van der Waals surface area contributed by atoms with Crippen LogP contribution in [-0.4, -0.2) is 19.5 Å². The molecule has 1 saturated heterocycles. The minimum absolute atomic E-state index is 0.0497. The molecular weight excluding hydrogens is 909 g/mol. The van der Waals surface area contributed by atoms with E-state index >= 15 is 0 Å². The smallest absolute Gasteiger partial charge is 0.157 e. The van der Waals surface area contributed by atoms with Crippen LogP contribution in [0.3, 0.4) is 0 Å². The van der Waals surface area contributed by atoms with Gasteiger partial charge in [0.1, 0.15) is 0 Å². The van der Waals surface area contributed by atoms with Crippen LogP contribution >= 0.6 is 0 Å². The van der Waals surface area contributed by atoms with Crippen LogP contribution in [0.15, 0.2) is 12.2 Å². The predicted octanol–water partition coefficient (Wildman–Crippen LogP) is 4.50. The zero-order chi connectivity index (χ0) is 54.1. The molecule has 1 heterocycles. The quantitative estimate of drug-likeness (QED) is 0.299. The van der Waals surface area contributed by atoms with Gasteiger partial charge in [0.2, 0.25) is 0 Å². The first-order chi connectivity index (χ1) is 37.1. The number of ether oxygens (including phenoxy) is 2. The van der Waals surface area contributed by atoms with Crippen molar-refractivity contribution in [3.05, 3.63) is 12.2 Å². The maximum atomic E-state index is 5.70. The van der Waals surface area contributed by atoms with Crippen LogP contribution in [0.2, 0.25) is 0 Å². The topological polar surface area (TPSA) is 18.5 Å². The molecule has 2 nitrogen and oxygen atoms in total. The van der Waals surface area contributed by atoms with Crippen molar-refractivity contribution in [3.8, 4) is 343 Å². The zero-order valence-corrected chi connectivity index (χ0v) is 41.2. The van der Waals surface area contributed by atoms with Crippen molar-refractivity contribution < 1.29 is 9.47 Å². The Kier molecular flexibility index (Phi) is 45.6. The van der Waals surface area contributed by atoms with Crippen LogP contribution in [-0.2, 0) is 9.47 Å². The summed E-state index contributed by atoms with van der Waals surface area (Å²) in [7, 11) is 0. The largest absolute Gasteiger partial charge is 0.353 e. The molecule has 0 radical (unpaired) electrons. The summed E-state index contributed by atoms with van der Waals surface area (Å²) >= 11 is 0. The van der Waals surface area contributed by atoms with Crippen molar-refractivity contribution in [1.29, 1.82) is 0 Å². The number of hydrogen-bond donors (Lipinski definition) is 0. The number of allylic oxidation sites excluding steroid dienone is 1. The molecule has 0 aromatic rings. The molecule has 0 aliphatic carbocycles. The van der Waals surface area contributed by atoms with Gasteiger partial charge in [-0.3, -0.25) is 0 Å². The summed E-state index contributed by atoms with van der Waals surface area (Å²) in [6.45, 7) is 11.6. The van der Waals surface area contributed by atoms with Gasteiger partial charge in [0.25, 0.3) is 0 Å². The first-order valence-corrected chi connectivity index (χ1v) is 21.3. The maximum Gasteiger partial charge on any atom is 0.157 e. The average molecular weight is 939 g/mol. The second-order valence-corrected chi connectivity index (χ2v) is 12.2. The van der Waals surface area contributed by atoms with Crippen LogP contribution in [0.4, 0.5) is 0 Å². The normalized spacial score (nSPS) is 8.16. The van der Waals surface area contributed by atoms with E-state index in [1.807, 2.05) is 0 Å². The Balaban J connectivity index is 0.00000310. The zero-order valence-electron chi connectivity index (χ0n) is 41.2. The van der Waals surface area contributed by atoms with Crippen molar-refractivity contribution >= 4 is 0 Å². The van der Waals surface area contributed by atoms with Crippen LogP contribution in [0.1, 0.15) is 53.9 Å². The lowest BCUT2D eigenvalue weighted by Gasteiger charge is -2.23. The van der Waals surface area contributed by atoms with Crippen molar-refractivity contribution in [1.82, 2.24) is 0 Å². The minimum atomic E-state index is 0.0497. The monoisotopic (exact) mass is 938 g/mol. The van der Waals surface area contributed by atoms with Crippen molar-refractivity contribution in [2.24, 2.45) is 11.8 Å². The molecule has 2 unspecified atom stereocenters. The standard InChI is InChI=1S/C60H6.C13H24O2/c1-3-5-7-9-11-13-15-17-19-21-23-25-27-29-31-33-35-37-39-41-43-45-47-49-51-53-55-57-59-60-58-56-54-52-50-48-46-44-42-40-38-36-34-32-30-28-26-24-22-20-18-16-14-12-10-8-6-4-2;1-11(2)7-8-12(3)10-15-13-6-4-5-9-14-13/h1-2H3;7-8,11-13H,4-6,9-10H2,1-3H3/b;8-7-. The van der Waals surface area contributed by atoms with Gasteiger partial charge < -0.3 is 9.47 Å². The van der Waals surface area contributed by atoms with E-state index in [1.54, 1.807) is 13.8 Å². The predicted molar refractivity (Wildman–Crippen MR) is 300 cm³/mol. The van der Waals surface area contributed by atoms with Gasteiger partial charge >= 0.3 is 0 Å². The molecule has 0 aromatic heterocycles. The molecule has 2 heteroatoms. The molecule has 75 heavy (non-hydrogen) atoms. The number of rotatable bonds is 5. The van der Waals surface area contributed by atoms with Gasteiger partial charge in [0.15, 0.2) is 6.29 Å². The fourth-order valence-electron chi connectivity index (χ4n) is 3.38. The van der Waals surface area contributed by atoms with E-state index in [-0.39, 0.29) is 6.29 Å². The Hall–Kier alpha value is -13.1. The highest BCUT2D eigenvalue weighted by Gasteiger charge is 2.14. The van der Waals surface area contributed by atoms with Gasteiger partial charge in [-0.05, 0) is 140 Å². The van der Waals surface area contributed by atoms with E-state index in [1.165, 1.54) is 12.8 Å². The highest BCUT2D eigenvalue weighted by atomic mass is 16.7. The lowest BCUT2D eigenvalue weighted by atomic mass is 10.1. The molecule has 0 saturated carbocycles. The molecule has 334 valence electrons. The van der Waals surface area contributed by atoms with E-state index < -0.39 is 0 Å². The summed E-state index contributed by atoms with van der Waals surface area (Å²) in [6.07, 6.45) is 7.99. The van der Waals surface area contributed by atoms with Crippen molar-refractivity contribution in [2.75, 3.05) is 13.2 Å². The molecule has 1 aliphatic heterocycles. The summed E-state index contributed by atoms with van der Waals surface area (Å²) in [5.74, 6) is 147. The summed E-state index contributed by atoms with van der Waals surface area (Å²) in [6, 6.07) is 0. The Morgan fingerprint density at radius 1 is 0.307 bits per heavy atom. The lowest BCUT2D eigenvalue weighted by Crippen LogP contribution is -2.24. The fourth-order valence-corrected chi connectivity index (χ4v) is 3.38. The summed E-state index contributed by atoms with van der Waals surface area (Å²) < 4.78 is 11.2. The Morgan fingerprint density at radius 3 is 0.667 bits per heavy atom. The van der Waals surface area contributed by atoms with Crippen LogP contribution in [0.25, 0.3) is 0 Å². The maximum absolute atomic E-state index is 5.70. The average Bonchev–Trinajstić information content (AvgIpc) is 3.42. The van der Waals surface area contributed by atoms with E-state index in [0.717, 1.165) is 19.6 Å². The second kappa shape index (κ2) is 55.2. The van der Waals surface area contributed by atoms with Gasteiger partial charge in [-0.2, -0.15) is 0 Å². The molecule has 0 amide bonds. The highest BCUT2D eigenvalue weighted by molar-refractivity contribution is 5.52. The molecule has 1 rings (SSSR count). The van der Waals surface area contributed by atoms with Crippen LogP contribution in [0.5, 0.6) is 0 Å². The van der Waals surface area contributed by atoms with Crippen LogP contribution < -0.4 is 0 Å². The minimum Gasteiger partial charge on any atom is -0.353 e. The van der Waals surface area contributed by atoms with E-state index in [9.17, 15) is 0 Å². The van der Waals surface area contributed by atoms with Gasteiger partial charge in [-0.15, -0.1) is 0 Å². The second-order valence-electron chi connectivity index (χ2n) is 12.2. The van der Waals surface area contributed by atoms with E-state index in [4.69, 9.17) is 9.47 Å². The lowest BCUT2D eigenvalue weighted by molar-refractivity contribution is -0.166. The van der Waals surface area contributed by atoms with Crippen molar-refractivity contribution in [3.63, 3.8) is 0 Å². The third-order valence-electron chi connectivity index (χ3n) is 6.19.